The molecule has 0 amide bonds. The summed E-state index contributed by atoms with van der Waals surface area (Å²) in [5.41, 5.74) is 1.06. The van der Waals surface area contributed by atoms with Crippen LogP contribution in [0.2, 0.25) is 0 Å². The van der Waals surface area contributed by atoms with Crippen molar-refractivity contribution in [1.82, 2.24) is 4.98 Å². The van der Waals surface area contributed by atoms with E-state index in [-0.39, 0.29) is 12.2 Å². The van der Waals surface area contributed by atoms with E-state index < -0.39 is 0 Å². The maximum absolute atomic E-state index is 5.85. The van der Waals surface area contributed by atoms with Gasteiger partial charge in [-0.05, 0) is 31.9 Å². The lowest BCUT2D eigenvalue weighted by molar-refractivity contribution is -0.0544. The molecule has 98 valence electrons. The van der Waals surface area contributed by atoms with Gasteiger partial charge in [0.2, 0.25) is 0 Å². The van der Waals surface area contributed by atoms with Crippen LogP contribution in [-0.4, -0.2) is 43.5 Å². The van der Waals surface area contributed by atoms with Crippen LogP contribution in [0.4, 0.5) is 5.82 Å². The molecule has 3 heterocycles. The first-order valence-corrected chi connectivity index (χ1v) is 6.75. The lowest BCUT2D eigenvalue weighted by Crippen LogP contribution is -2.48. The molecule has 2 aliphatic rings. The minimum atomic E-state index is 0.198. The molecule has 0 unspecified atom stereocenters. The number of rotatable bonds is 2. The van der Waals surface area contributed by atoms with Crippen molar-refractivity contribution in [3.05, 3.63) is 23.9 Å². The van der Waals surface area contributed by atoms with Crippen LogP contribution in [0.3, 0.4) is 0 Å². The van der Waals surface area contributed by atoms with Gasteiger partial charge in [0.15, 0.2) is 0 Å². The minimum absolute atomic E-state index is 0.198. The second kappa shape index (κ2) is 5.24. The Bertz CT molecular complexity index is 405. The molecule has 1 aromatic rings. The highest BCUT2D eigenvalue weighted by molar-refractivity contribution is 5.39. The highest BCUT2D eigenvalue weighted by Gasteiger charge is 2.31. The number of ether oxygens (including phenoxy) is 2. The van der Waals surface area contributed by atoms with E-state index in [1.165, 1.54) is 0 Å². The van der Waals surface area contributed by atoms with Gasteiger partial charge in [0, 0.05) is 25.4 Å². The predicted molar refractivity (Wildman–Crippen MR) is 69.9 cm³/mol. The van der Waals surface area contributed by atoms with Gasteiger partial charge in [-0.1, -0.05) is 6.07 Å². The molecule has 1 aromatic heterocycles. The van der Waals surface area contributed by atoms with Crippen molar-refractivity contribution in [2.24, 2.45) is 0 Å². The van der Waals surface area contributed by atoms with E-state index in [0.717, 1.165) is 50.7 Å². The second-order valence-corrected chi connectivity index (χ2v) is 5.04. The zero-order valence-corrected chi connectivity index (χ0v) is 10.8. The van der Waals surface area contributed by atoms with E-state index in [2.05, 4.69) is 22.0 Å². The van der Waals surface area contributed by atoms with E-state index in [1.54, 1.807) is 0 Å². The van der Waals surface area contributed by atoms with Crippen molar-refractivity contribution < 1.29 is 9.47 Å². The summed E-state index contributed by atoms with van der Waals surface area (Å²) in [5.74, 6) is 1.06. The van der Waals surface area contributed by atoms with Crippen LogP contribution < -0.4 is 4.90 Å². The summed E-state index contributed by atoms with van der Waals surface area (Å²) in [4.78, 5) is 6.90. The Balaban J connectivity index is 1.69. The van der Waals surface area contributed by atoms with E-state index in [0.29, 0.717) is 0 Å². The molecule has 2 saturated heterocycles. The van der Waals surface area contributed by atoms with Gasteiger partial charge in [0.1, 0.15) is 11.9 Å². The number of morpholine rings is 1. The molecule has 0 aliphatic carbocycles. The summed E-state index contributed by atoms with van der Waals surface area (Å²) in [7, 11) is 0. The van der Waals surface area contributed by atoms with Crippen molar-refractivity contribution in [3.63, 3.8) is 0 Å². The van der Waals surface area contributed by atoms with Crippen LogP contribution >= 0.6 is 0 Å². The molecule has 3 rings (SSSR count). The Kier molecular flexibility index (Phi) is 3.48. The minimum Gasteiger partial charge on any atom is -0.375 e. The lowest BCUT2D eigenvalue weighted by atomic mass is 10.1. The van der Waals surface area contributed by atoms with Gasteiger partial charge < -0.3 is 14.4 Å². The first kappa shape index (κ1) is 11.9. The average molecular weight is 248 g/mol. The smallest absolute Gasteiger partial charge is 0.128 e. The fourth-order valence-corrected chi connectivity index (χ4v) is 2.71. The van der Waals surface area contributed by atoms with Crippen LogP contribution in [0.1, 0.15) is 18.5 Å². The molecule has 0 bridgehead atoms. The molecule has 4 nitrogen and oxygen atoms in total. The topological polar surface area (TPSA) is 34.6 Å². The fraction of sp³-hybridized carbons (Fsp3) is 0.643. The molecular weight excluding hydrogens is 228 g/mol. The van der Waals surface area contributed by atoms with Crippen LogP contribution in [-0.2, 0) is 9.47 Å². The zero-order valence-electron chi connectivity index (χ0n) is 10.8. The SMILES string of the molecule is Cc1cccc(N2CCO[C@H]([C@@H]3CCCO3)C2)n1. The van der Waals surface area contributed by atoms with Crippen molar-refractivity contribution in [2.45, 2.75) is 32.0 Å². The first-order chi connectivity index (χ1) is 8.83. The Morgan fingerprint density at radius 1 is 1.22 bits per heavy atom. The predicted octanol–water partition coefficient (Wildman–Crippen LogP) is 1.77. The normalized spacial score (nSPS) is 28.6. The summed E-state index contributed by atoms with van der Waals surface area (Å²) in [5, 5.41) is 0. The number of hydrogen-bond acceptors (Lipinski definition) is 4. The largest absolute Gasteiger partial charge is 0.375 e. The maximum atomic E-state index is 5.85. The van der Waals surface area contributed by atoms with Crippen LogP contribution in [0.15, 0.2) is 18.2 Å². The van der Waals surface area contributed by atoms with Crippen molar-refractivity contribution in [1.29, 1.82) is 0 Å². The van der Waals surface area contributed by atoms with E-state index in [1.807, 2.05) is 13.0 Å². The van der Waals surface area contributed by atoms with E-state index in [4.69, 9.17) is 9.47 Å². The van der Waals surface area contributed by atoms with E-state index >= 15 is 0 Å². The molecule has 2 atom stereocenters. The van der Waals surface area contributed by atoms with Gasteiger partial charge in [0.05, 0.1) is 12.7 Å². The Labute approximate surface area is 108 Å². The molecule has 0 aromatic carbocycles. The molecule has 2 fully saturated rings. The first-order valence-electron chi connectivity index (χ1n) is 6.75. The van der Waals surface area contributed by atoms with Crippen LogP contribution in [0.25, 0.3) is 0 Å². The zero-order chi connectivity index (χ0) is 12.4. The summed E-state index contributed by atoms with van der Waals surface area (Å²) < 4.78 is 11.6. The summed E-state index contributed by atoms with van der Waals surface area (Å²) in [6, 6.07) is 6.17. The molecule has 0 spiro atoms. The summed E-state index contributed by atoms with van der Waals surface area (Å²) in [6.45, 7) is 5.48. The van der Waals surface area contributed by atoms with Gasteiger partial charge in [-0.25, -0.2) is 4.98 Å². The molecule has 18 heavy (non-hydrogen) atoms. The van der Waals surface area contributed by atoms with Gasteiger partial charge in [0.25, 0.3) is 0 Å². The Morgan fingerprint density at radius 3 is 2.89 bits per heavy atom. The number of nitrogens with zero attached hydrogens (tertiary/aromatic N) is 2. The third-order valence-corrected chi connectivity index (χ3v) is 3.67. The lowest BCUT2D eigenvalue weighted by Gasteiger charge is -2.36. The van der Waals surface area contributed by atoms with Crippen LogP contribution in [0, 0.1) is 6.92 Å². The third kappa shape index (κ3) is 2.49. The second-order valence-electron chi connectivity index (χ2n) is 5.04. The molecule has 4 heteroatoms. The fourth-order valence-electron chi connectivity index (χ4n) is 2.71. The number of pyridine rings is 1. The Hall–Kier alpha value is -1.13. The van der Waals surface area contributed by atoms with Gasteiger partial charge in [-0.3, -0.25) is 0 Å². The average Bonchev–Trinajstić information content (AvgIpc) is 2.93. The monoisotopic (exact) mass is 248 g/mol. The van der Waals surface area contributed by atoms with Gasteiger partial charge in [-0.15, -0.1) is 0 Å². The maximum Gasteiger partial charge on any atom is 0.128 e. The van der Waals surface area contributed by atoms with Gasteiger partial charge in [-0.2, -0.15) is 0 Å². The number of hydrogen-bond donors (Lipinski definition) is 0. The number of aromatic nitrogens is 1. The van der Waals surface area contributed by atoms with Crippen LogP contribution in [0.5, 0.6) is 0 Å². The molecule has 2 aliphatic heterocycles. The van der Waals surface area contributed by atoms with Crippen molar-refractivity contribution >= 4 is 5.82 Å². The molecule has 0 N–H and O–H groups in total. The quantitative estimate of drug-likeness (QED) is 0.799. The third-order valence-electron chi connectivity index (χ3n) is 3.67. The summed E-state index contributed by atoms with van der Waals surface area (Å²) in [6.07, 6.45) is 2.76. The number of anilines is 1. The highest BCUT2D eigenvalue weighted by Crippen LogP contribution is 2.23. The molecule has 0 saturated carbocycles. The number of aryl methyl sites for hydroxylation is 1. The molecule has 0 radical (unpaired) electrons. The van der Waals surface area contributed by atoms with Gasteiger partial charge >= 0.3 is 0 Å². The van der Waals surface area contributed by atoms with E-state index in [9.17, 15) is 0 Å². The molecular formula is C14H20N2O2. The summed E-state index contributed by atoms with van der Waals surface area (Å²) >= 11 is 0. The Morgan fingerprint density at radius 2 is 2.11 bits per heavy atom. The standard InChI is InChI=1S/C14H20N2O2/c1-11-4-2-6-14(15-11)16-7-9-18-13(10-16)12-5-3-8-17-12/h2,4,6,12-13H,3,5,7-10H2,1H3/t12-,13-/m0/s1. The van der Waals surface area contributed by atoms with Crippen molar-refractivity contribution in [3.8, 4) is 0 Å². The highest BCUT2D eigenvalue weighted by atomic mass is 16.5. The van der Waals surface area contributed by atoms with Crippen molar-refractivity contribution in [2.75, 3.05) is 31.2 Å².